The number of carboxylic acid groups (broad SMARTS) is 1. The number of carboxylic acids is 1. The molecule has 2 aromatic rings. The highest BCUT2D eigenvalue weighted by Crippen LogP contribution is 2.21. The van der Waals surface area contributed by atoms with Crippen molar-refractivity contribution >= 4 is 5.97 Å². The molecular formula is C18H22FN3O3. The Bertz CT molecular complexity index is 760. The van der Waals surface area contributed by atoms with Crippen molar-refractivity contribution in [3.05, 3.63) is 47.0 Å². The van der Waals surface area contributed by atoms with Gasteiger partial charge in [-0.25, -0.2) is 4.39 Å². The van der Waals surface area contributed by atoms with Crippen molar-refractivity contribution in [2.75, 3.05) is 13.7 Å². The van der Waals surface area contributed by atoms with Gasteiger partial charge in [0, 0.05) is 32.6 Å². The summed E-state index contributed by atoms with van der Waals surface area (Å²) in [6.07, 6.45) is 1.51. The van der Waals surface area contributed by atoms with Crippen LogP contribution in [0.1, 0.15) is 29.8 Å². The highest BCUT2D eigenvalue weighted by Gasteiger charge is 2.17. The number of rotatable bonds is 6. The maximum atomic E-state index is 13.6. The number of ether oxygens (including phenoxy) is 1. The molecule has 0 fully saturated rings. The van der Waals surface area contributed by atoms with Gasteiger partial charge in [-0.3, -0.25) is 14.4 Å². The molecule has 1 aromatic carbocycles. The van der Waals surface area contributed by atoms with Gasteiger partial charge in [-0.1, -0.05) is 6.07 Å². The summed E-state index contributed by atoms with van der Waals surface area (Å²) >= 11 is 0. The van der Waals surface area contributed by atoms with E-state index in [1.165, 1.54) is 13.2 Å². The summed E-state index contributed by atoms with van der Waals surface area (Å²) in [5.74, 6) is -0.910. The number of halogens is 1. The zero-order chi connectivity index (χ0) is 17.8. The molecular weight excluding hydrogens is 325 g/mol. The van der Waals surface area contributed by atoms with Crippen molar-refractivity contribution in [1.29, 1.82) is 0 Å². The lowest BCUT2D eigenvalue weighted by Crippen LogP contribution is -2.22. The van der Waals surface area contributed by atoms with Crippen LogP contribution in [0.5, 0.6) is 5.75 Å². The van der Waals surface area contributed by atoms with Gasteiger partial charge in [-0.15, -0.1) is 0 Å². The minimum atomic E-state index is -0.810. The molecule has 25 heavy (non-hydrogen) atoms. The number of aliphatic carboxylic acids is 1. The molecule has 0 atom stereocenters. The van der Waals surface area contributed by atoms with E-state index >= 15 is 0 Å². The molecule has 2 heterocycles. The van der Waals surface area contributed by atoms with Crippen LogP contribution in [0.25, 0.3) is 0 Å². The molecule has 3 rings (SSSR count). The lowest BCUT2D eigenvalue weighted by atomic mass is 10.2. The van der Waals surface area contributed by atoms with Crippen molar-refractivity contribution in [2.45, 2.75) is 38.9 Å². The van der Waals surface area contributed by atoms with Crippen LogP contribution in [0.4, 0.5) is 4.39 Å². The van der Waals surface area contributed by atoms with Gasteiger partial charge in [0.1, 0.15) is 0 Å². The quantitative estimate of drug-likeness (QED) is 0.869. The summed E-state index contributed by atoms with van der Waals surface area (Å²) in [5.41, 5.74) is 2.91. The Balaban J connectivity index is 1.69. The molecule has 0 radical (unpaired) electrons. The van der Waals surface area contributed by atoms with E-state index in [1.807, 2.05) is 10.7 Å². The summed E-state index contributed by atoms with van der Waals surface area (Å²) < 4.78 is 20.6. The molecule has 7 heteroatoms. The first-order valence-corrected chi connectivity index (χ1v) is 8.37. The lowest BCUT2D eigenvalue weighted by Gasteiger charge is -2.20. The number of aromatic nitrogens is 2. The van der Waals surface area contributed by atoms with Gasteiger partial charge >= 0.3 is 5.97 Å². The maximum Gasteiger partial charge on any atom is 0.303 e. The predicted octanol–water partition coefficient (Wildman–Crippen LogP) is 2.45. The maximum absolute atomic E-state index is 13.6. The Kier molecular flexibility index (Phi) is 5.33. The van der Waals surface area contributed by atoms with E-state index in [4.69, 9.17) is 9.84 Å². The average Bonchev–Trinajstić information content (AvgIpc) is 2.87. The minimum absolute atomic E-state index is 0.0928. The third kappa shape index (κ3) is 4.36. The second-order valence-electron chi connectivity index (χ2n) is 6.28. The second-order valence-corrected chi connectivity index (χ2v) is 6.28. The van der Waals surface area contributed by atoms with Crippen molar-refractivity contribution in [3.8, 4) is 5.75 Å². The molecule has 1 aliphatic heterocycles. The molecule has 0 amide bonds. The normalized spacial score (nSPS) is 14.8. The average molecular weight is 347 g/mol. The predicted molar refractivity (Wildman–Crippen MR) is 89.9 cm³/mol. The van der Waals surface area contributed by atoms with Gasteiger partial charge in [-0.2, -0.15) is 5.10 Å². The Hall–Kier alpha value is -2.41. The van der Waals surface area contributed by atoms with Crippen molar-refractivity contribution < 1.29 is 19.0 Å². The smallest absolute Gasteiger partial charge is 0.303 e. The van der Waals surface area contributed by atoms with Crippen LogP contribution >= 0.6 is 0 Å². The molecule has 0 aliphatic carbocycles. The molecule has 0 bridgehead atoms. The Morgan fingerprint density at radius 2 is 2.20 bits per heavy atom. The molecule has 1 aliphatic rings. The Morgan fingerprint density at radius 3 is 2.96 bits per heavy atom. The van der Waals surface area contributed by atoms with Crippen LogP contribution in [0.2, 0.25) is 0 Å². The van der Waals surface area contributed by atoms with E-state index in [1.54, 1.807) is 12.1 Å². The number of hydrogen-bond acceptors (Lipinski definition) is 4. The van der Waals surface area contributed by atoms with Crippen LogP contribution in [0.15, 0.2) is 24.3 Å². The Labute approximate surface area is 145 Å². The summed E-state index contributed by atoms with van der Waals surface area (Å²) in [6, 6.07) is 6.93. The zero-order valence-electron chi connectivity index (χ0n) is 14.2. The molecule has 0 spiro atoms. The fourth-order valence-corrected chi connectivity index (χ4v) is 3.14. The largest absolute Gasteiger partial charge is 0.494 e. The fourth-order valence-electron chi connectivity index (χ4n) is 3.14. The number of benzene rings is 1. The lowest BCUT2D eigenvalue weighted by molar-refractivity contribution is -0.136. The van der Waals surface area contributed by atoms with Gasteiger partial charge in [-0.05, 0) is 30.2 Å². The SMILES string of the molecule is COc1cc(CN2CCCn3nc(CCC(=O)O)cc3C2)ccc1F. The van der Waals surface area contributed by atoms with E-state index in [0.717, 1.165) is 43.0 Å². The fraction of sp³-hybridized carbons (Fsp3) is 0.444. The van der Waals surface area contributed by atoms with Crippen LogP contribution in [-0.2, 0) is 30.8 Å². The Morgan fingerprint density at radius 1 is 1.36 bits per heavy atom. The highest BCUT2D eigenvalue weighted by molar-refractivity contribution is 5.66. The minimum Gasteiger partial charge on any atom is -0.494 e. The summed E-state index contributed by atoms with van der Waals surface area (Å²) in [4.78, 5) is 13.0. The van der Waals surface area contributed by atoms with Crippen LogP contribution in [-0.4, -0.2) is 39.4 Å². The van der Waals surface area contributed by atoms with E-state index in [-0.39, 0.29) is 18.0 Å². The monoisotopic (exact) mass is 347 g/mol. The summed E-state index contributed by atoms with van der Waals surface area (Å²) in [5, 5.41) is 13.3. The van der Waals surface area contributed by atoms with Crippen LogP contribution in [0, 0.1) is 5.82 Å². The molecule has 1 N–H and O–H groups in total. The molecule has 1 aromatic heterocycles. The van der Waals surface area contributed by atoms with Crippen molar-refractivity contribution in [2.24, 2.45) is 0 Å². The van der Waals surface area contributed by atoms with Gasteiger partial charge in [0.05, 0.1) is 24.9 Å². The van der Waals surface area contributed by atoms with Gasteiger partial charge < -0.3 is 9.84 Å². The van der Waals surface area contributed by atoms with Crippen LogP contribution < -0.4 is 4.74 Å². The van der Waals surface area contributed by atoms with Gasteiger partial charge in [0.15, 0.2) is 11.6 Å². The van der Waals surface area contributed by atoms with E-state index in [0.29, 0.717) is 13.0 Å². The third-order valence-corrected chi connectivity index (χ3v) is 4.36. The zero-order valence-corrected chi connectivity index (χ0v) is 14.2. The number of nitrogens with zero attached hydrogens (tertiary/aromatic N) is 3. The number of carbonyl (C=O) groups is 1. The summed E-state index contributed by atoms with van der Waals surface area (Å²) in [7, 11) is 1.46. The number of methoxy groups -OCH3 is 1. The van der Waals surface area contributed by atoms with Crippen molar-refractivity contribution in [3.63, 3.8) is 0 Å². The highest BCUT2D eigenvalue weighted by atomic mass is 19.1. The van der Waals surface area contributed by atoms with Crippen molar-refractivity contribution in [1.82, 2.24) is 14.7 Å². The first-order chi connectivity index (χ1) is 12.0. The van der Waals surface area contributed by atoms with E-state index < -0.39 is 5.97 Å². The first-order valence-electron chi connectivity index (χ1n) is 8.37. The summed E-state index contributed by atoms with van der Waals surface area (Å²) in [6.45, 7) is 3.19. The molecule has 134 valence electrons. The number of aryl methyl sites for hydroxylation is 2. The van der Waals surface area contributed by atoms with Gasteiger partial charge in [0.25, 0.3) is 0 Å². The first kappa shape index (κ1) is 17.4. The van der Waals surface area contributed by atoms with Crippen LogP contribution in [0.3, 0.4) is 0 Å². The van der Waals surface area contributed by atoms with E-state index in [2.05, 4.69) is 10.00 Å². The molecule has 0 unspecified atom stereocenters. The topological polar surface area (TPSA) is 67.6 Å². The molecule has 0 saturated heterocycles. The number of hydrogen-bond donors (Lipinski definition) is 1. The van der Waals surface area contributed by atoms with E-state index in [9.17, 15) is 9.18 Å². The van der Waals surface area contributed by atoms with Gasteiger partial charge in [0.2, 0.25) is 0 Å². The molecule has 0 saturated carbocycles. The second kappa shape index (κ2) is 7.65. The molecule has 6 nitrogen and oxygen atoms in total. The third-order valence-electron chi connectivity index (χ3n) is 4.36. The number of fused-ring (bicyclic) bond motifs is 1. The standard InChI is InChI=1S/C18H22FN3O3/c1-25-17-9-13(3-5-16(17)19)11-21-7-2-8-22-15(12-21)10-14(20-22)4-6-18(23)24/h3,5,9-10H,2,4,6-8,11-12H2,1H3,(H,23,24).